The predicted molar refractivity (Wildman–Crippen MR) is 311 cm³/mol. The molecule has 0 aliphatic rings. The molecule has 1 N–H and O–H groups in total. The van der Waals surface area contributed by atoms with Crippen LogP contribution in [0.5, 0.6) is 0 Å². The topological polar surface area (TPSA) is 78.5 Å². The molecule has 0 saturated carbocycles. The molecule has 0 spiro atoms. The minimum Gasteiger partial charge on any atom is -0.418 e. The van der Waals surface area contributed by atoms with Gasteiger partial charge in [0.1, 0.15) is 6.10 Å². The number of amides is 1. The lowest BCUT2D eigenvalue weighted by molar-refractivity contribution is -0.120. The lowest BCUT2D eigenvalue weighted by Crippen LogP contribution is -2.69. The van der Waals surface area contributed by atoms with E-state index in [2.05, 4.69) is 264 Å². The van der Waals surface area contributed by atoms with Crippen LogP contribution in [0, 0.1) is 0 Å². The third-order valence-corrected chi connectivity index (χ3v) is 34.3. The number of nitrogens with zero attached hydrogens (tertiary/aromatic N) is 1. The summed E-state index contributed by atoms with van der Waals surface area (Å²) in [7, 11) is -11.0. The molecule has 2 unspecified atom stereocenters. The molecule has 4 aromatic carbocycles. The molecule has 0 bridgehead atoms. The highest BCUT2D eigenvalue weighted by Gasteiger charge is 2.55. The van der Waals surface area contributed by atoms with Gasteiger partial charge in [-0.2, -0.15) is 0 Å². The molecule has 0 aliphatic carbocycles. The van der Waals surface area contributed by atoms with Crippen molar-refractivity contribution < 1.29 is 27.2 Å². The fraction of sp³-hybridized carbons (Fsp3) is 0.576. The summed E-state index contributed by atoms with van der Waals surface area (Å²) in [6, 6.07) is 43.1. The van der Waals surface area contributed by atoms with E-state index in [-0.39, 0.29) is 38.3 Å². The Kier molecular flexibility index (Phi) is 20.8. The number of carbonyl (C=O) groups is 1. The normalized spacial score (nSPS) is 14.9. The zero-order chi connectivity index (χ0) is 53.3. The van der Waals surface area contributed by atoms with Gasteiger partial charge in [-0.1, -0.05) is 218 Å². The summed E-state index contributed by atoms with van der Waals surface area (Å²) in [6.45, 7) is 46.3. The van der Waals surface area contributed by atoms with Crippen LogP contribution < -0.4 is 26.1 Å². The minimum atomic E-state index is -3.16. The van der Waals surface area contributed by atoms with Crippen LogP contribution in [0.4, 0.5) is 4.79 Å². The van der Waals surface area contributed by atoms with E-state index in [0.29, 0.717) is 32.5 Å². The van der Waals surface area contributed by atoms with Gasteiger partial charge in [0, 0.05) is 18.6 Å². The fourth-order valence-corrected chi connectivity index (χ4v) is 20.5. The Bertz CT molecular complexity index is 2120. The van der Waals surface area contributed by atoms with Gasteiger partial charge >= 0.3 is 6.09 Å². The number of hydrogen-bond acceptors (Lipinski definition) is 7. The van der Waals surface area contributed by atoms with Gasteiger partial charge in [-0.3, -0.25) is 0 Å². The Morgan fingerprint density at radius 3 is 1.24 bits per heavy atom. The first-order valence-corrected chi connectivity index (χ1v) is 36.0. The number of benzene rings is 4. The van der Waals surface area contributed by atoms with E-state index in [1.54, 1.807) is 0 Å². The van der Waals surface area contributed by atoms with Crippen LogP contribution in [0.2, 0.25) is 46.3 Å². The number of rotatable bonds is 23. The second-order valence-electron chi connectivity index (χ2n) is 25.4. The van der Waals surface area contributed by atoms with Gasteiger partial charge < -0.3 is 32.7 Å². The summed E-state index contributed by atoms with van der Waals surface area (Å²) < 4.78 is 37.3. The molecular weight excluding hydrogens is 945 g/mol. The molecule has 0 heterocycles. The summed E-state index contributed by atoms with van der Waals surface area (Å²) in [5, 5.41) is 7.65. The van der Waals surface area contributed by atoms with Crippen LogP contribution >= 0.6 is 0 Å². The third kappa shape index (κ3) is 15.0. The molecule has 4 rings (SSSR count). The molecule has 394 valence electrons. The maximum absolute atomic E-state index is 15.4. The highest BCUT2D eigenvalue weighted by Crippen LogP contribution is 2.43. The van der Waals surface area contributed by atoms with Crippen LogP contribution in [0.3, 0.4) is 0 Å². The van der Waals surface area contributed by atoms with Crippen LogP contribution in [-0.4, -0.2) is 94.5 Å². The molecular formula is C59H96N2O6Si4. The quantitative estimate of drug-likeness (QED) is 0.0586. The number of carbonyl (C=O) groups excluding carboxylic acids is 1. The first kappa shape index (κ1) is 60.4. The molecule has 0 aromatic heterocycles. The van der Waals surface area contributed by atoms with Crippen LogP contribution in [0.1, 0.15) is 124 Å². The van der Waals surface area contributed by atoms with Crippen molar-refractivity contribution >= 4 is 60.1 Å². The van der Waals surface area contributed by atoms with E-state index in [0.717, 1.165) is 10.4 Å². The Morgan fingerprint density at radius 1 is 0.521 bits per heavy atom. The van der Waals surface area contributed by atoms with Gasteiger partial charge in [0.2, 0.25) is 6.29 Å². The average molecular weight is 1040 g/mol. The predicted octanol–water partition coefficient (Wildman–Crippen LogP) is 12.9. The zero-order valence-electron chi connectivity index (χ0n) is 47.9. The SMILES string of the molecule is CC(C)NCCC(O[Si](c1ccccc1)(c1ccccc1)C(C)(C)C)C(OC(=O)N(CC[C@@H](CO[Si](C)(C)C(C)(C)C)O[Si](c1ccccc1)(c1ccccc1)C(C)(C)C)C(C)C)O[Si](C)(C)C(C)(C)C. The van der Waals surface area contributed by atoms with Crippen molar-refractivity contribution in [3.05, 3.63) is 121 Å². The molecule has 71 heavy (non-hydrogen) atoms. The molecule has 4 aromatic rings. The Labute approximate surface area is 436 Å². The van der Waals surface area contributed by atoms with Crippen LogP contribution in [0.15, 0.2) is 121 Å². The van der Waals surface area contributed by atoms with Crippen molar-refractivity contribution in [1.82, 2.24) is 10.2 Å². The first-order valence-electron chi connectivity index (χ1n) is 26.4. The fourth-order valence-electron chi connectivity index (χ4n) is 8.97. The summed E-state index contributed by atoms with van der Waals surface area (Å²) >= 11 is 0. The van der Waals surface area contributed by atoms with Gasteiger partial charge in [0.15, 0.2) is 16.6 Å². The summed E-state index contributed by atoms with van der Waals surface area (Å²) in [4.78, 5) is 17.3. The smallest absolute Gasteiger partial charge is 0.412 e. The van der Waals surface area contributed by atoms with Gasteiger partial charge in [0.25, 0.3) is 16.6 Å². The molecule has 0 aliphatic heterocycles. The largest absolute Gasteiger partial charge is 0.418 e. The van der Waals surface area contributed by atoms with Gasteiger partial charge in [-0.25, -0.2) is 4.79 Å². The van der Waals surface area contributed by atoms with Crippen molar-refractivity contribution in [1.29, 1.82) is 0 Å². The lowest BCUT2D eigenvalue weighted by atomic mass is 10.2. The minimum absolute atomic E-state index is 0.000354. The molecule has 3 atom stereocenters. The lowest BCUT2D eigenvalue weighted by Gasteiger charge is -2.48. The van der Waals surface area contributed by atoms with E-state index < -0.39 is 51.8 Å². The standard InChI is InChI=1S/C59H96N2O6Si4/c1-46(2)60-43-41-53(66-71(59(14,15)16,51-37-29-23-30-38-51)52-39-31-24-32-40-52)54(67-69(19,20)57(8,9)10)64-55(62)61(47(3)4)44-42-48(45-63-68(17,18)56(5,6)7)65-70(58(11,12)13,49-33-25-21-26-34-49)50-35-27-22-28-36-50/h21-40,46-48,53-54,60H,41-45H2,1-20H3/t48-,53?,54?/m0/s1. The highest BCUT2D eigenvalue weighted by atomic mass is 28.4. The molecule has 1 amide bonds. The summed E-state index contributed by atoms with van der Waals surface area (Å²) in [6.07, 6.45) is -1.25. The van der Waals surface area contributed by atoms with Crippen LogP contribution in [-0.2, 0) is 22.4 Å². The van der Waals surface area contributed by atoms with Crippen molar-refractivity contribution in [3.63, 3.8) is 0 Å². The number of ether oxygens (including phenoxy) is 1. The second-order valence-corrected chi connectivity index (χ2v) is 43.5. The van der Waals surface area contributed by atoms with Crippen LogP contribution in [0.25, 0.3) is 0 Å². The van der Waals surface area contributed by atoms with Gasteiger partial charge in [-0.05, 0) is 100 Å². The molecule has 0 fully saturated rings. The van der Waals surface area contributed by atoms with Crippen molar-refractivity contribution in [2.75, 3.05) is 19.7 Å². The molecule has 8 nitrogen and oxygen atoms in total. The monoisotopic (exact) mass is 1040 g/mol. The molecule has 0 radical (unpaired) electrons. The van der Waals surface area contributed by atoms with E-state index in [4.69, 9.17) is 22.4 Å². The second kappa shape index (κ2) is 24.4. The van der Waals surface area contributed by atoms with E-state index >= 15 is 4.79 Å². The first-order chi connectivity index (χ1) is 32.8. The van der Waals surface area contributed by atoms with E-state index in [1.807, 2.05) is 4.90 Å². The Morgan fingerprint density at radius 2 is 0.901 bits per heavy atom. The number of hydrogen-bond donors (Lipinski definition) is 1. The van der Waals surface area contributed by atoms with Gasteiger partial charge in [0.05, 0.1) is 12.7 Å². The third-order valence-electron chi connectivity index (χ3n) is 15.2. The summed E-state index contributed by atoms with van der Waals surface area (Å²) in [5.41, 5.74) is 0. The Balaban J connectivity index is 1.87. The van der Waals surface area contributed by atoms with E-state index in [1.165, 1.54) is 10.4 Å². The van der Waals surface area contributed by atoms with Crippen molar-refractivity contribution in [2.24, 2.45) is 0 Å². The zero-order valence-corrected chi connectivity index (χ0v) is 51.9. The van der Waals surface area contributed by atoms with Gasteiger partial charge in [-0.15, -0.1) is 0 Å². The van der Waals surface area contributed by atoms with Crippen molar-refractivity contribution in [2.45, 2.75) is 201 Å². The van der Waals surface area contributed by atoms with E-state index in [9.17, 15) is 0 Å². The maximum Gasteiger partial charge on any atom is 0.412 e. The Hall–Kier alpha value is -3.18. The number of nitrogens with one attached hydrogen (secondary N) is 1. The average Bonchev–Trinajstić information content (AvgIpc) is 3.27. The highest BCUT2D eigenvalue weighted by molar-refractivity contribution is 7.00. The molecule has 0 saturated heterocycles. The molecule has 12 heteroatoms. The van der Waals surface area contributed by atoms with Crippen molar-refractivity contribution in [3.8, 4) is 0 Å². The maximum atomic E-state index is 15.4. The summed E-state index contributed by atoms with van der Waals surface area (Å²) in [5.74, 6) is 0.